The topological polar surface area (TPSA) is 29.3 Å². The summed E-state index contributed by atoms with van der Waals surface area (Å²) in [6.07, 6.45) is 0.691. The summed E-state index contributed by atoms with van der Waals surface area (Å²) in [5.41, 5.74) is 7.90. The second-order valence-electron chi connectivity index (χ2n) is 5.03. The van der Waals surface area contributed by atoms with E-state index in [-0.39, 0.29) is 5.82 Å². The Morgan fingerprint density at radius 1 is 1.35 bits per heavy atom. The van der Waals surface area contributed by atoms with Crippen LogP contribution in [0.2, 0.25) is 0 Å². The van der Waals surface area contributed by atoms with Crippen molar-refractivity contribution in [3.63, 3.8) is 0 Å². The van der Waals surface area contributed by atoms with Crippen LogP contribution in [0, 0.1) is 5.82 Å². The van der Waals surface area contributed by atoms with Crippen LogP contribution in [0.3, 0.4) is 0 Å². The van der Waals surface area contributed by atoms with Crippen molar-refractivity contribution in [2.24, 2.45) is 5.73 Å². The Hall–Kier alpha value is -1.19. The fourth-order valence-corrected chi connectivity index (χ4v) is 2.13. The number of nitrogens with zero attached hydrogens (tertiary/aromatic N) is 1. The second kappa shape index (κ2) is 5.43. The summed E-state index contributed by atoms with van der Waals surface area (Å²) >= 11 is 0. The van der Waals surface area contributed by atoms with E-state index in [0.717, 1.165) is 11.1 Å². The van der Waals surface area contributed by atoms with Gasteiger partial charge in [0.2, 0.25) is 0 Å². The molecule has 1 atom stereocenters. The maximum atomic E-state index is 12.9. The summed E-state index contributed by atoms with van der Waals surface area (Å²) in [6.45, 7) is 6.58. The Kier molecular flexibility index (Phi) is 4.43. The summed E-state index contributed by atoms with van der Waals surface area (Å²) in [6, 6.07) is 6.40. The first-order chi connectivity index (χ1) is 7.83. The third-order valence-corrected chi connectivity index (χ3v) is 2.63. The Balaban J connectivity index is 3.04. The number of hydrogen-bond acceptors (Lipinski definition) is 2. The highest BCUT2D eigenvalue weighted by molar-refractivity contribution is 5.27. The van der Waals surface area contributed by atoms with Crippen molar-refractivity contribution >= 4 is 0 Å². The lowest BCUT2D eigenvalue weighted by atomic mass is 9.85. The first-order valence-electron chi connectivity index (χ1n) is 5.67. The van der Waals surface area contributed by atoms with Gasteiger partial charge in [0.15, 0.2) is 0 Å². The Morgan fingerprint density at radius 3 is 2.29 bits per heavy atom. The van der Waals surface area contributed by atoms with Crippen LogP contribution in [0.25, 0.3) is 0 Å². The number of hydrogen-bond donors (Lipinski definition) is 1. The molecule has 2 N–H and O–H groups in total. The minimum absolute atomic E-state index is 0.240. The second-order valence-corrected chi connectivity index (χ2v) is 5.03. The Labute approximate surface area is 103 Å². The zero-order valence-corrected chi connectivity index (χ0v) is 10.8. The average molecular weight is 236 g/mol. The molecule has 0 aliphatic rings. The highest BCUT2D eigenvalue weighted by Gasteiger charge is 2.28. The number of halogens is 1. The largest absolute Gasteiger partial charge is 0.320 e. The van der Waals surface area contributed by atoms with Crippen LogP contribution in [0.5, 0.6) is 0 Å². The molecular formula is C14H21FN2. The van der Waals surface area contributed by atoms with E-state index in [0.29, 0.717) is 13.0 Å². The summed E-state index contributed by atoms with van der Waals surface area (Å²) in [4.78, 5) is 2.03. The third-order valence-electron chi connectivity index (χ3n) is 2.63. The van der Waals surface area contributed by atoms with Gasteiger partial charge in [0, 0.05) is 6.54 Å². The maximum absolute atomic E-state index is 12.9. The quantitative estimate of drug-likeness (QED) is 0.796. The molecule has 1 rings (SSSR count). The summed E-state index contributed by atoms with van der Waals surface area (Å²) in [5.74, 6) is -0.240. The van der Waals surface area contributed by atoms with Gasteiger partial charge in [-0.2, -0.15) is 0 Å². The zero-order chi connectivity index (χ0) is 13.1. The number of benzene rings is 1. The lowest BCUT2D eigenvalue weighted by Gasteiger charge is -2.33. The summed E-state index contributed by atoms with van der Waals surface area (Å²) in [5, 5.41) is 0. The van der Waals surface area contributed by atoms with Crippen molar-refractivity contribution < 1.29 is 4.39 Å². The van der Waals surface area contributed by atoms with Crippen LogP contribution < -0.4 is 5.73 Å². The molecule has 0 amide bonds. The number of rotatable bonds is 5. The maximum Gasteiger partial charge on any atom is 0.123 e. The molecule has 0 aliphatic carbocycles. The molecule has 0 radical (unpaired) electrons. The van der Waals surface area contributed by atoms with Crippen molar-refractivity contribution in [3.8, 4) is 0 Å². The molecule has 1 aromatic carbocycles. The van der Waals surface area contributed by atoms with Crippen LogP contribution in [0.4, 0.5) is 4.39 Å². The van der Waals surface area contributed by atoms with E-state index in [2.05, 4.69) is 6.58 Å². The minimum Gasteiger partial charge on any atom is -0.320 e. The van der Waals surface area contributed by atoms with E-state index in [9.17, 15) is 4.39 Å². The van der Waals surface area contributed by atoms with Crippen molar-refractivity contribution in [2.75, 3.05) is 20.6 Å². The van der Waals surface area contributed by atoms with Gasteiger partial charge in [-0.25, -0.2) is 4.39 Å². The van der Waals surface area contributed by atoms with Gasteiger partial charge in [0.25, 0.3) is 0 Å². The average Bonchev–Trinajstić information content (AvgIpc) is 2.15. The van der Waals surface area contributed by atoms with Gasteiger partial charge in [-0.3, -0.25) is 0 Å². The highest BCUT2D eigenvalue weighted by atomic mass is 19.1. The number of likely N-dealkylation sites (N-methyl/N-ethyl adjacent to an activating group) is 1. The SMILES string of the molecule is C=C(C)CC(N)(CN(C)C)c1ccc(F)cc1. The molecule has 0 bridgehead atoms. The first kappa shape index (κ1) is 13.9. The predicted molar refractivity (Wildman–Crippen MR) is 70.3 cm³/mol. The molecule has 0 saturated carbocycles. The molecule has 1 unspecified atom stereocenters. The molecule has 17 heavy (non-hydrogen) atoms. The lowest BCUT2D eigenvalue weighted by Crippen LogP contribution is -2.45. The van der Waals surface area contributed by atoms with Crippen LogP contribution in [0.15, 0.2) is 36.4 Å². The van der Waals surface area contributed by atoms with E-state index in [1.165, 1.54) is 12.1 Å². The minimum atomic E-state index is -0.511. The van der Waals surface area contributed by atoms with Crippen LogP contribution in [-0.4, -0.2) is 25.5 Å². The normalized spacial score (nSPS) is 14.7. The molecule has 3 heteroatoms. The first-order valence-corrected chi connectivity index (χ1v) is 5.67. The summed E-state index contributed by atoms with van der Waals surface area (Å²) < 4.78 is 12.9. The van der Waals surface area contributed by atoms with Gasteiger partial charge in [-0.05, 0) is 45.1 Å². The van der Waals surface area contributed by atoms with E-state index in [4.69, 9.17) is 5.73 Å². The van der Waals surface area contributed by atoms with Crippen molar-refractivity contribution in [2.45, 2.75) is 18.9 Å². The van der Waals surface area contributed by atoms with Gasteiger partial charge in [0.05, 0.1) is 5.54 Å². The molecule has 0 saturated heterocycles. The van der Waals surface area contributed by atoms with Crippen LogP contribution >= 0.6 is 0 Å². The van der Waals surface area contributed by atoms with E-state index >= 15 is 0 Å². The summed E-state index contributed by atoms with van der Waals surface area (Å²) in [7, 11) is 3.95. The van der Waals surface area contributed by atoms with E-state index in [1.54, 1.807) is 12.1 Å². The van der Waals surface area contributed by atoms with E-state index < -0.39 is 5.54 Å². The number of nitrogens with two attached hydrogens (primary N) is 1. The van der Waals surface area contributed by atoms with Gasteiger partial charge in [0.1, 0.15) is 5.82 Å². The van der Waals surface area contributed by atoms with Crippen LogP contribution in [0.1, 0.15) is 18.9 Å². The molecular weight excluding hydrogens is 215 g/mol. The Bertz CT molecular complexity index is 384. The van der Waals surface area contributed by atoms with Crippen LogP contribution in [-0.2, 0) is 5.54 Å². The van der Waals surface area contributed by atoms with Gasteiger partial charge in [-0.1, -0.05) is 17.7 Å². The molecule has 0 aromatic heterocycles. The predicted octanol–water partition coefficient (Wildman–Crippen LogP) is 2.51. The fraction of sp³-hybridized carbons (Fsp3) is 0.429. The monoisotopic (exact) mass is 236 g/mol. The molecule has 0 spiro atoms. The highest BCUT2D eigenvalue weighted by Crippen LogP contribution is 2.26. The molecule has 0 aliphatic heterocycles. The van der Waals surface area contributed by atoms with Crippen molar-refractivity contribution in [1.29, 1.82) is 0 Å². The van der Waals surface area contributed by atoms with Crippen molar-refractivity contribution in [3.05, 3.63) is 47.8 Å². The molecule has 0 heterocycles. The smallest absolute Gasteiger partial charge is 0.123 e. The van der Waals surface area contributed by atoms with Crippen molar-refractivity contribution in [1.82, 2.24) is 4.90 Å². The lowest BCUT2D eigenvalue weighted by molar-refractivity contribution is 0.283. The fourth-order valence-electron chi connectivity index (χ4n) is 2.13. The molecule has 2 nitrogen and oxygen atoms in total. The zero-order valence-electron chi connectivity index (χ0n) is 10.8. The van der Waals surface area contributed by atoms with Gasteiger partial charge < -0.3 is 10.6 Å². The third kappa shape index (κ3) is 3.95. The molecule has 0 fully saturated rings. The van der Waals surface area contributed by atoms with Gasteiger partial charge in [-0.15, -0.1) is 6.58 Å². The molecule has 1 aromatic rings. The van der Waals surface area contributed by atoms with Gasteiger partial charge >= 0.3 is 0 Å². The Morgan fingerprint density at radius 2 is 1.88 bits per heavy atom. The van der Waals surface area contributed by atoms with E-state index in [1.807, 2.05) is 25.9 Å². The standard InChI is InChI=1S/C14H21FN2/c1-11(2)9-14(16,10-17(3)4)12-5-7-13(15)8-6-12/h5-8H,1,9-10,16H2,2-4H3. The molecule has 94 valence electrons.